The number of benzene rings is 1. The van der Waals surface area contributed by atoms with Crippen molar-refractivity contribution >= 4 is 6.08 Å². The minimum atomic E-state index is 0.336. The molecule has 96 valence electrons. The standard InChI is InChI=1S/C18H24/c1-14-7-5-9-16(13-14)10-11-17-15(2)8-6-12-18(17,3)4/h5,7,9-11,13H,6,8,12H2,1-4H3/b11-10+. The van der Waals surface area contributed by atoms with Crippen molar-refractivity contribution < 1.29 is 0 Å². The molecule has 1 aliphatic rings. The van der Waals surface area contributed by atoms with Gasteiger partial charge in [0.15, 0.2) is 0 Å². The lowest BCUT2D eigenvalue weighted by atomic mass is 9.72. The van der Waals surface area contributed by atoms with Gasteiger partial charge in [-0.3, -0.25) is 0 Å². The van der Waals surface area contributed by atoms with Crippen LogP contribution in [0.25, 0.3) is 6.08 Å². The van der Waals surface area contributed by atoms with Crippen molar-refractivity contribution in [2.75, 3.05) is 0 Å². The van der Waals surface area contributed by atoms with Gasteiger partial charge in [0.25, 0.3) is 0 Å². The molecule has 0 unspecified atom stereocenters. The molecule has 2 rings (SSSR count). The van der Waals surface area contributed by atoms with Crippen molar-refractivity contribution in [3.8, 4) is 0 Å². The first-order chi connectivity index (χ1) is 8.49. The molecule has 0 fully saturated rings. The molecule has 0 nitrogen and oxygen atoms in total. The fourth-order valence-electron chi connectivity index (χ4n) is 2.96. The number of aryl methyl sites for hydroxylation is 1. The maximum Gasteiger partial charge on any atom is -0.0104 e. The van der Waals surface area contributed by atoms with E-state index >= 15 is 0 Å². The molecule has 0 N–H and O–H groups in total. The molecular weight excluding hydrogens is 216 g/mol. The molecule has 18 heavy (non-hydrogen) atoms. The molecule has 0 atom stereocenters. The Morgan fingerprint density at radius 2 is 1.89 bits per heavy atom. The Labute approximate surface area is 111 Å². The highest BCUT2D eigenvalue weighted by Gasteiger charge is 2.26. The zero-order valence-electron chi connectivity index (χ0n) is 12.1. The second-order valence-electron chi connectivity index (χ2n) is 6.18. The summed E-state index contributed by atoms with van der Waals surface area (Å²) in [5.74, 6) is 0. The normalized spacial score (nSPS) is 19.6. The van der Waals surface area contributed by atoms with Gasteiger partial charge in [0.1, 0.15) is 0 Å². The first kappa shape index (κ1) is 13.1. The third-order valence-electron chi connectivity index (χ3n) is 4.03. The van der Waals surface area contributed by atoms with Gasteiger partial charge in [0.2, 0.25) is 0 Å². The van der Waals surface area contributed by atoms with Crippen LogP contribution < -0.4 is 0 Å². The predicted molar refractivity (Wildman–Crippen MR) is 80.5 cm³/mol. The highest BCUT2D eigenvalue weighted by Crippen LogP contribution is 2.40. The molecule has 0 bridgehead atoms. The van der Waals surface area contributed by atoms with Crippen LogP contribution in [0.15, 0.2) is 41.5 Å². The maximum absolute atomic E-state index is 2.37. The van der Waals surface area contributed by atoms with E-state index in [1.807, 2.05) is 0 Å². The minimum Gasteiger partial charge on any atom is -0.0696 e. The van der Waals surface area contributed by atoms with Gasteiger partial charge in [-0.25, -0.2) is 0 Å². The van der Waals surface area contributed by atoms with Crippen molar-refractivity contribution in [2.45, 2.75) is 47.0 Å². The summed E-state index contributed by atoms with van der Waals surface area (Å²) in [6.45, 7) is 9.17. The third-order valence-corrected chi connectivity index (χ3v) is 4.03. The third kappa shape index (κ3) is 2.93. The molecule has 0 aromatic heterocycles. The van der Waals surface area contributed by atoms with Crippen molar-refractivity contribution in [2.24, 2.45) is 5.41 Å². The molecule has 0 radical (unpaired) electrons. The van der Waals surface area contributed by atoms with E-state index in [1.165, 1.54) is 36.0 Å². The van der Waals surface area contributed by atoms with Crippen molar-refractivity contribution in [1.82, 2.24) is 0 Å². The van der Waals surface area contributed by atoms with Crippen LogP contribution in [0.4, 0.5) is 0 Å². The fraction of sp³-hybridized carbons (Fsp3) is 0.444. The Kier molecular flexibility index (Phi) is 3.75. The number of hydrogen-bond donors (Lipinski definition) is 0. The number of rotatable bonds is 2. The molecule has 0 spiro atoms. The maximum atomic E-state index is 2.37. The lowest BCUT2D eigenvalue weighted by Crippen LogP contribution is -2.18. The summed E-state index contributed by atoms with van der Waals surface area (Å²) < 4.78 is 0. The molecule has 0 amide bonds. The van der Waals surface area contributed by atoms with Crippen LogP contribution in [0.1, 0.15) is 51.2 Å². The van der Waals surface area contributed by atoms with Gasteiger partial charge in [-0.2, -0.15) is 0 Å². The van der Waals surface area contributed by atoms with E-state index in [-0.39, 0.29) is 0 Å². The summed E-state index contributed by atoms with van der Waals surface area (Å²) >= 11 is 0. The quantitative estimate of drug-likeness (QED) is 0.637. The van der Waals surface area contributed by atoms with E-state index in [0.29, 0.717) is 5.41 Å². The van der Waals surface area contributed by atoms with Gasteiger partial charge in [-0.05, 0) is 49.7 Å². The van der Waals surface area contributed by atoms with Crippen LogP contribution in [0.5, 0.6) is 0 Å². The molecule has 1 aromatic rings. The number of allylic oxidation sites excluding steroid dienone is 3. The van der Waals surface area contributed by atoms with Crippen LogP contribution >= 0.6 is 0 Å². The monoisotopic (exact) mass is 240 g/mol. The highest BCUT2D eigenvalue weighted by molar-refractivity contribution is 5.55. The zero-order valence-corrected chi connectivity index (χ0v) is 12.1. The SMILES string of the molecule is CC1=C(/C=C/c2cccc(C)c2)C(C)(C)CCC1. The smallest absolute Gasteiger partial charge is 0.0104 e. The summed E-state index contributed by atoms with van der Waals surface area (Å²) in [4.78, 5) is 0. The fourth-order valence-corrected chi connectivity index (χ4v) is 2.96. The zero-order chi connectivity index (χ0) is 13.2. The molecular formula is C18H24. The Morgan fingerprint density at radius 3 is 2.56 bits per heavy atom. The molecule has 1 aromatic carbocycles. The summed E-state index contributed by atoms with van der Waals surface area (Å²) in [6, 6.07) is 8.69. The Morgan fingerprint density at radius 1 is 1.11 bits per heavy atom. The second kappa shape index (κ2) is 5.14. The highest BCUT2D eigenvalue weighted by atomic mass is 14.3. The van der Waals surface area contributed by atoms with Crippen LogP contribution in [-0.2, 0) is 0 Å². The van der Waals surface area contributed by atoms with Gasteiger partial charge in [-0.1, -0.05) is 61.4 Å². The summed E-state index contributed by atoms with van der Waals surface area (Å²) in [5, 5.41) is 0. The van der Waals surface area contributed by atoms with E-state index in [9.17, 15) is 0 Å². The summed E-state index contributed by atoms with van der Waals surface area (Å²) in [5.41, 5.74) is 6.07. The van der Waals surface area contributed by atoms with Crippen molar-refractivity contribution in [1.29, 1.82) is 0 Å². The van der Waals surface area contributed by atoms with Gasteiger partial charge in [-0.15, -0.1) is 0 Å². The van der Waals surface area contributed by atoms with E-state index in [0.717, 1.165) is 0 Å². The average Bonchev–Trinajstić information content (AvgIpc) is 2.27. The molecule has 0 saturated carbocycles. The summed E-state index contributed by atoms with van der Waals surface area (Å²) in [7, 11) is 0. The van der Waals surface area contributed by atoms with Crippen LogP contribution in [0.3, 0.4) is 0 Å². The van der Waals surface area contributed by atoms with Gasteiger partial charge < -0.3 is 0 Å². The predicted octanol–water partition coefficient (Wildman–Crippen LogP) is 5.53. The second-order valence-corrected chi connectivity index (χ2v) is 6.18. The largest absolute Gasteiger partial charge is 0.0696 e. The van der Waals surface area contributed by atoms with Gasteiger partial charge in [0, 0.05) is 0 Å². The Bertz CT molecular complexity index is 487. The van der Waals surface area contributed by atoms with E-state index in [4.69, 9.17) is 0 Å². The Hall–Kier alpha value is -1.30. The molecule has 1 aliphatic carbocycles. The lowest BCUT2D eigenvalue weighted by molar-refractivity contribution is 0.377. The van der Waals surface area contributed by atoms with E-state index < -0.39 is 0 Å². The topological polar surface area (TPSA) is 0 Å². The van der Waals surface area contributed by atoms with Crippen LogP contribution in [0.2, 0.25) is 0 Å². The average molecular weight is 240 g/mol. The van der Waals surface area contributed by atoms with Crippen LogP contribution in [0, 0.1) is 12.3 Å². The lowest BCUT2D eigenvalue weighted by Gasteiger charge is -2.32. The molecule has 0 heteroatoms. The molecule has 0 aliphatic heterocycles. The molecule has 0 heterocycles. The first-order valence-electron chi connectivity index (χ1n) is 6.94. The first-order valence-corrected chi connectivity index (χ1v) is 6.94. The van der Waals surface area contributed by atoms with Gasteiger partial charge in [0.05, 0.1) is 0 Å². The molecule has 0 saturated heterocycles. The van der Waals surface area contributed by atoms with Crippen LogP contribution in [-0.4, -0.2) is 0 Å². The van der Waals surface area contributed by atoms with E-state index in [1.54, 1.807) is 5.57 Å². The Balaban J connectivity index is 2.27. The van der Waals surface area contributed by atoms with E-state index in [2.05, 4.69) is 64.1 Å². The van der Waals surface area contributed by atoms with Crippen molar-refractivity contribution in [3.63, 3.8) is 0 Å². The number of hydrogen-bond acceptors (Lipinski definition) is 0. The summed E-state index contributed by atoms with van der Waals surface area (Å²) in [6.07, 6.45) is 8.50. The minimum absolute atomic E-state index is 0.336. The van der Waals surface area contributed by atoms with Gasteiger partial charge >= 0.3 is 0 Å². The van der Waals surface area contributed by atoms with Crippen molar-refractivity contribution in [3.05, 3.63) is 52.6 Å².